The first-order valence-electron chi connectivity index (χ1n) is 9.33. The summed E-state index contributed by atoms with van der Waals surface area (Å²) in [6.07, 6.45) is 1.42. The highest BCUT2D eigenvalue weighted by Crippen LogP contribution is 2.19. The van der Waals surface area contributed by atoms with Crippen LogP contribution in [0.15, 0.2) is 42.5 Å². The minimum atomic E-state index is -0.284. The zero-order valence-electron chi connectivity index (χ0n) is 16.3. The lowest BCUT2D eigenvalue weighted by molar-refractivity contribution is -0.115. The summed E-state index contributed by atoms with van der Waals surface area (Å²) in [6, 6.07) is 12.6. The van der Waals surface area contributed by atoms with Gasteiger partial charge in [0.05, 0.1) is 11.0 Å². The Morgan fingerprint density at radius 1 is 0.966 bits per heavy atom. The lowest BCUT2D eigenvalue weighted by Gasteiger charge is -2.11. The number of carbonyl (C=O) groups excluding carboxylic acids is 3. The predicted octanol–water partition coefficient (Wildman–Crippen LogP) is 2.84. The summed E-state index contributed by atoms with van der Waals surface area (Å²) >= 11 is 0. The normalized spacial score (nSPS) is 10.6. The van der Waals surface area contributed by atoms with Gasteiger partial charge in [-0.3, -0.25) is 14.4 Å². The first kappa shape index (κ1) is 20.1. The SMILES string of the molecule is CC(=O)Nc1cc(NC(C)=O)cc(C(=O)NCCCc2nc3ccccc3[nH]2)c1. The average Bonchev–Trinajstić information content (AvgIpc) is 3.06. The number of aryl methyl sites for hydroxylation is 1. The van der Waals surface area contributed by atoms with Crippen molar-refractivity contribution in [3.05, 3.63) is 53.9 Å². The van der Waals surface area contributed by atoms with Gasteiger partial charge in [0.15, 0.2) is 0 Å². The second-order valence-corrected chi connectivity index (χ2v) is 6.72. The van der Waals surface area contributed by atoms with Crippen LogP contribution in [-0.2, 0) is 16.0 Å². The summed E-state index contributed by atoms with van der Waals surface area (Å²) in [4.78, 5) is 43.0. The number of para-hydroxylation sites is 2. The third-order valence-electron chi connectivity index (χ3n) is 4.15. The number of imidazole rings is 1. The molecule has 0 spiro atoms. The van der Waals surface area contributed by atoms with E-state index in [4.69, 9.17) is 0 Å². The summed E-state index contributed by atoms with van der Waals surface area (Å²) in [5.74, 6) is 0.0683. The van der Waals surface area contributed by atoms with Crippen molar-refractivity contribution in [3.63, 3.8) is 0 Å². The molecule has 3 rings (SSSR count). The third-order valence-corrected chi connectivity index (χ3v) is 4.15. The lowest BCUT2D eigenvalue weighted by Crippen LogP contribution is -2.25. The smallest absolute Gasteiger partial charge is 0.251 e. The molecule has 150 valence electrons. The molecule has 0 fully saturated rings. The van der Waals surface area contributed by atoms with E-state index < -0.39 is 0 Å². The monoisotopic (exact) mass is 393 g/mol. The van der Waals surface area contributed by atoms with Crippen molar-refractivity contribution in [3.8, 4) is 0 Å². The molecule has 0 aliphatic carbocycles. The molecular formula is C21H23N5O3. The molecule has 0 saturated carbocycles. The summed E-state index contributed by atoms with van der Waals surface area (Å²) in [5, 5.41) is 8.12. The van der Waals surface area contributed by atoms with Gasteiger partial charge in [-0.05, 0) is 36.8 Å². The number of fused-ring (bicyclic) bond motifs is 1. The van der Waals surface area contributed by atoms with Gasteiger partial charge in [0.2, 0.25) is 11.8 Å². The van der Waals surface area contributed by atoms with Gasteiger partial charge < -0.3 is 20.9 Å². The van der Waals surface area contributed by atoms with Crippen LogP contribution in [0.25, 0.3) is 11.0 Å². The van der Waals surface area contributed by atoms with Gasteiger partial charge in [0, 0.05) is 43.8 Å². The van der Waals surface area contributed by atoms with Crippen molar-refractivity contribution in [2.45, 2.75) is 26.7 Å². The molecule has 0 aliphatic heterocycles. The Hall–Kier alpha value is -3.68. The van der Waals surface area contributed by atoms with E-state index in [2.05, 4.69) is 25.9 Å². The van der Waals surface area contributed by atoms with Crippen LogP contribution < -0.4 is 16.0 Å². The number of aromatic amines is 1. The molecular weight excluding hydrogens is 370 g/mol. The molecule has 0 unspecified atom stereocenters. The summed E-state index contributed by atoms with van der Waals surface area (Å²) < 4.78 is 0. The fourth-order valence-corrected chi connectivity index (χ4v) is 2.99. The average molecular weight is 393 g/mol. The molecule has 0 aliphatic rings. The van der Waals surface area contributed by atoms with Crippen LogP contribution in [0.1, 0.15) is 36.5 Å². The topological polar surface area (TPSA) is 116 Å². The first-order chi connectivity index (χ1) is 13.9. The largest absolute Gasteiger partial charge is 0.352 e. The van der Waals surface area contributed by atoms with Crippen LogP contribution in [0.5, 0.6) is 0 Å². The summed E-state index contributed by atoms with van der Waals surface area (Å²) in [6.45, 7) is 3.22. The molecule has 1 aromatic heterocycles. The number of rotatable bonds is 7. The Balaban J connectivity index is 1.59. The second-order valence-electron chi connectivity index (χ2n) is 6.72. The summed E-state index contributed by atoms with van der Waals surface area (Å²) in [5.41, 5.74) is 3.15. The van der Waals surface area contributed by atoms with Crippen molar-refractivity contribution in [1.29, 1.82) is 0 Å². The van der Waals surface area contributed by atoms with Gasteiger partial charge in [-0.2, -0.15) is 0 Å². The number of hydrogen-bond donors (Lipinski definition) is 4. The number of amides is 3. The molecule has 2 aromatic carbocycles. The highest BCUT2D eigenvalue weighted by atomic mass is 16.2. The van der Waals surface area contributed by atoms with E-state index in [1.54, 1.807) is 18.2 Å². The molecule has 3 aromatic rings. The number of H-pyrrole nitrogens is 1. The van der Waals surface area contributed by atoms with Gasteiger partial charge >= 0.3 is 0 Å². The molecule has 8 nitrogen and oxygen atoms in total. The molecule has 0 saturated heterocycles. The third kappa shape index (κ3) is 5.65. The van der Waals surface area contributed by atoms with Crippen molar-refractivity contribution < 1.29 is 14.4 Å². The van der Waals surface area contributed by atoms with Crippen LogP contribution in [0.4, 0.5) is 11.4 Å². The van der Waals surface area contributed by atoms with Crippen molar-refractivity contribution in [1.82, 2.24) is 15.3 Å². The quantitative estimate of drug-likeness (QED) is 0.462. The minimum Gasteiger partial charge on any atom is -0.352 e. The Kier molecular flexibility index (Phi) is 6.23. The predicted molar refractivity (Wildman–Crippen MR) is 112 cm³/mol. The standard InChI is InChI=1S/C21H23N5O3/c1-13(27)23-16-10-15(11-17(12-16)24-14(2)28)21(29)22-9-5-8-20-25-18-6-3-4-7-19(18)26-20/h3-4,6-7,10-12H,5,8-9H2,1-2H3,(H,22,29)(H,23,27)(H,24,28)(H,25,26). The van der Waals surface area contributed by atoms with Crippen LogP contribution in [0, 0.1) is 0 Å². The molecule has 1 heterocycles. The van der Waals surface area contributed by atoms with Crippen LogP contribution in [0.2, 0.25) is 0 Å². The summed E-state index contributed by atoms with van der Waals surface area (Å²) in [7, 11) is 0. The Morgan fingerprint density at radius 3 is 2.24 bits per heavy atom. The number of anilines is 2. The van der Waals surface area contributed by atoms with E-state index in [-0.39, 0.29) is 17.7 Å². The maximum Gasteiger partial charge on any atom is 0.251 e. The number of carbonyl (C=O) groups is 3. The Morgan fingerprint density at radius 2 is 1.62 bits per heavy atom. The first-order valence-corrected chi connectivity index (χ1v) is 9.33. The van der Waals surface area contributed by atoms with E-state index >= 15 is 0 Å². The lowest BCUT2D eigenvalue weighted by atomic mass is 10.1. The highest BCUT2D eigenvalue weighted by molar-refractivity contribution is 5.99. The van der Waals surface area contributed by atoms with E-state index in [0.29, 0.717) is 29.9 Å². The molecule has 0 radical (unpaired) electrons. The highest BCUT2D eigenvalue weighted by Gasteiger charge is 2.10. The minimum absolute atomic E-state index is 0.262. The van der Waals surface area contributed by atoms with Crippen molar-refractivity contribution >= 4 is 40.1 Å². The van der Waals surface area contributed by atoms with Crippen molar-refractivity contribution in [2.75, 3.05) is 17.2 Å². The Bertz CT molecular complexity index is 990. The van der Waals surface area contributed by atoms with Gasteiger partial charge in [-0.25, -0.2) is 4.98 Å². The maximum atomic E-state index is 12.5. The van der Waals surface area contributed by atoms with Crippen LogP contribution in [-0.4, -0.2) is 34.2 Å². The van der Waals surface area contributed by atoms with E-state index in [1.165, 1.54) is 13.8 Å². The second kappa shape index (κ2) is 9.01. The number of hydrogen-bond acceptors (Lipinski definition) is 4. The van der Waals surface area contributed by atoms with E-state index in [9.17, 15) is 14.4 Å². The Labute approximate surface area is 168 Å². The number of aromatic nitrogens is 2. The van der Waals surface area contributed by atoms with E-state index in [0.717, 1.165) is 23.3 Å². The molecule has 3 amide bonds. The molecule has 29 heavy (non-hydrogen) atoms. The van der Waals surface area contributed by atoms with Gasteiger partial charge in [0.1, 0.15) is 5.82 Å². The number of nitrogens with zero attached hydrogens (tertiary/aromatic N) is 1. The zero-order valence-corrected chi connectivity index (χ0v) is 16.3. The maximum absolute atomic E-state index is 12.5. The van der Waals surface area contributed by atoms with Gasteiger partial charge in [0.25, 0.3) is 5.91 Å². The fraction of sp³-hybridized carbons (Fsp3) is 0.238. The van der Waals surface area contributed by atoms with E-state index in [1.807, 2.05) is 24.3 Å². The molecule has 0 bridgehead atoms. The molecule has 0 atom stereocenters. The van der Waals surface area contributed by atoms with Crippen LogP contribution in [0.3, 0.4) is 0 Å². The van der Waals surface area contributed by atoms with Crippen LogP contribution >= 0.6 is 0 Å². The molecule has 4 N–H and O–H groups in total. The zero-order chi connectivity index (χ0) is 20.8. The van der Waals surface area contributed by atoms with Gasteiger partial charge in [-0.1, -0.05) is 12.1 Å². The van der Waals surface area contributed by atoms with Gasteiger partial charge in [-0.15, -0.1) is 0 Å². The number of benzene rings is 2. The fourth-order valence-electron chi connectivity index (χ4n) is 2.99. The molecule has 8 heteroatoms. The van der Waals surface area contributed by atoms with Crippen molar-refractivity contribution in [2.24, 2.45) is 0 Å². The number of nitrogens with one attached hydrogen (secondary N) is 4.